The van der Waals surface area contributed by atoms with Gasteiger partial charge in [0.05, 0.1) is 33.8 Å². The molecule has 0 bridgehead atoms. The highest BCUT2D eigenvalue weighted by Crippen LogP contribution is 2.17. The number of rotatable bonds is 21. The Balaban J connectivity index is 1.46. The monoisotopic (exact) mass is 494 g/mol. The lowest BCUT2D eigenvalue weighted by atomic mass is 10.0. The molecule has 0 aromatic heterocycles. The smallest absolute Gasteiger partial charge is 0.193 e. The molecule has 0 amide bonds. The fraction of sp³-hybridized carbons (Fsp3) is 0.606. The molecule has 36 heavy (non-hydrogen) atoms. The van der Waals surface area contributed by atoms with E-state index in [2.05, 4.69) is 21.0 Å². The zero-order valence-electron chi connectivity index (χ0n) is 23.5. The number of ether oxygens (including phenoxy) is 1. The Morgan fingerprint density at radius 3 is 1.64 bits per heavy atom. The van der Waals surface area contributed by atoms with Crippen LogP contribution >= 0.6 is 0 Å². The summed E-state index contributed by atoms with van der Waals surface area (Å²) in [5.41, 5.74) is 1.42. The summed E-state index contributed by atoms with van der Waals surface area (Å²) in [6, 6.07) is 16.9. The average molecular weight is 495 g/mol. The van der Waals surface area contributed by atoms with Gasteiger partial charge in [0.15, 0.2) is 5.78 Å². The third-order valence-corrected chi connectivity index (χ3v) is 7.20. The third-order valence-electron chi connectivity index (χ3n) is 7.20. The number of unbranched alkanes of at least 4 members (excludes halogenated alkanes) is 12. The maximum atomic E-state index is 12.5. The van der Waals surface area contributed by atoms with E-state index in [1.165, 1.54) is 96.6 Å². The molecule has 0 heterocycles. The van der Waals surface area contributed by atoms with Crippen LogP contribution in [0.2, 0.25) is 0 Å². The lowest BCUT2D eigenvalue weighted by Crippen LogP contribution is -2.41. The molecule has 3 nitrogen and oxygen atoms in total. The van der Waals surface area contributed by atoms with Crippen LogP contribution in [0.3, 0.4) is 0 Å². The van der Waals surface area contributed by atoms with E-state index < -0.39 is 0 Å². The molecule has 200 valence electrons. The fourth-order valence-corrected chi connectivity index (χ4v) is 4.78. The number of carbonyl (C=O) groups excluding carboxylic acids is 1. The summed E-state index contributed by atoms with van der Waals surface area (Å²) >= 11 is 0. The number of carbonyl (C=O) groups is 1. The highest BCUT2D eigenvalue weighted by Gasteiger charge is 2.13. The van der Waals surface area contributed by atoms with E-state index in [-0.39, 0.29) is 5.78 Å². The Morgan fingerprint density at radius 1 is 0.611 bits per heavy atom. The van der Waals surface area contributed by atoms with Crippen molar-refractivity contribution in [2.45, 2.75) is 96.8 Å². The van der Waals surface area contributed by atoms with Crippen molar-refractivity contribution < 1.29 is 14.0 Å². The molecule has 0 spiro atoms. The minimum atomic E-state index is 0.0524. The molecule has 0 atom stereocenters. The van der Waals surface area contributed by atoms with E-state index in [4.69, 9.17) is 4.74 Å². The Bertz CT molecular complexity index is 813. The van der Waals surface area contributed by atoms with Crippen LogP contribution in [0, 0.1) is 0 Å². The summed E-state index contributed by atoms with van der Waals surface area (Å²) in [7, 11) is 4.78. The normalized spacial score (nSPS) is 11.5. The minimum Gasteiger partial charge on any atom is -0.494 e. The van der Waals surface area contributed by atoms with Gasteiger partial charge in [0.2, 0.25) is 0 Å². The predicted octanol–water partition coefficient (Wildman–Crippen LogP) is 8.85. The van der Waals surface area contributed by atoms with Gasteiger partial charge in [-0.25, -0.2) is 0 Å². The summed E-state index contributed by atoms with van der Waals surface area (Å²) in [4.78, 5) is 12.5. The van der Waals surface area contributed by atoms with Crippen LogP contribution in [-0.2, 0) is 0 Å². The van der Waals surface area contributed by atoms with E-state index >= 15 is 0 Å². The van der Waals surface area contributed by atoms with E-state index in [9.17, 15) is 4.79 Å². The van der Waals surface area contributed by atoms with Crippen LogP contribution in [0.4, 0.5) is 0 Å². The number of nitrogens with zero attached hydrogens (tertiary/aromatic N) is 1. The lowest BCUT2D eigenvalue weighted by Gasteiger charge is -2.30. The number of quaternary nitrogens is 1. The number of hydrogen-bond acceptors (Lipinski definition) is 2. The van der Waals surface area contributed by atoms with Crippen LogP contribution in [-0.4, -0.2) is 44.1 Å². The Kier molecular flexibility index (Phi) is 15.2. The molecule has 0 unspecified atom stereocenters. The first-order valence-electron chi connectivity index (χ1n) is 14.7. The minimum absolute atomic E-state index is 0.0524. The Hall–Kier alpha value is -2.13. The van der Waals surface area contributed by atoms with Crippen molar-refractivity contribution in [2.75, 3.05) is 33.8 Å². The van der Waals surface area contributed by atoms with Gasteiger partial charge in [0.1, 0.15) is 5.75 Å². The van der Waals surface area contributed by atoms with Crippen molar-refractivity contribution >= 4 is 5.78 Å². The van der Waals surface area contributed by atoms with Crippen molar-refractivity contribution in [2.24, 2.45) is 0 Å². The average Bonchev–Trinajstić information content (AvgIpc) is 2.89. The van der Waals surface area contributed by atoms with E-state index in [0.29, 0.717) is 5.56 Å². The fourth-order valence-electron chi connectivity index (χ4n) is 4.78. The summed E-state index contributed by atoms with van der Waals surface area (Å²) in [5, 5.41) is 0. The van der Waals surface area contributed by atoms with Crippen molar-refractivity contribution in [3.05, 3.63) is 65.7 Å². The standard InChI is InChI=1S/C33H52NO2/c1-4-5-6-7-8-9-10-11-12-18-27-34(2,3)28-19-13-14-20-29-36-32-25-23-31(24-26-32)33(35)30-21-16-15-17-22-30/h15-17,21-26H,4-14,18-20,27-29H2,1-3H3/q+1. The molecule has 0 aliphatic heterocycles. The molecule has 0 saturated carbocycles. The first kappa shape index (κ1) is 30.1. The number of ketones is 1. The van der Waals surface area contributed by atoms with Crippen LogP contribution in [0.5, 0.6) is 5.75 Å². The molecule has 2 aromatic rings. The van der Waals surface area contributed by atoms with Crippen LogP contribution in [0.25, 0.3) is 0 Å². The Labute approximate surface area is 221 Å². The van der Waals surface area contributed by atoms with Crippen molar-refractivity contribution in [3.8, 4) is 5.75 Å². The van der Waals surface area contributed by atoms with Crippen molar-refractivity contribution in [1.29, 1.82) is 0 Å². The zero-order chi connectivity index (χ0) is 25.9. The third kappa shape index (κ3) is 13.3. The van der Waals surface area contributed by atoms with Gasteiger partial charge in [-0.15, -0.1) is 0 Å². The highest BCUT2D eigenvalue weighted by atomic mass is 16.5. The number of hydrogen-bond donors (Lipinski definition) is 0. The van der Waals surface area contributed by atoms with Crippen molar-refractivity contribution in [3.63, 3.8) is 0 Å². The van der Waals surface area contributed by atoms with E-state index in [0.717, 1.165) is 28.8 Å². The van der Waals surface area contributed by atoms with Crippen LogP contribution in [0.1, 0.15) is 113 Å². The maximum Gasteiger partial charge on any atom is 0.193 e. The summed E-state index contributed by atoms with van der Waals surface area (Å²) in [5.74, 6) is 0.894. The molecular weight excluding hydrogens is 442 g/mol. The van der Waals surface area contributed by atoms with Gasteiger partial charge in [-0.2, -0.15) is 0 Å². The van der Waals surface area contributed by atoms with Gasteiger partial charge in [0.25, 0.3) is 0 Å². The second-order valence-corrected chi connectivity index (χ2v) is 11.0. The van der Waals surface area contributed by atoms with E-state index in [1.807, 2.05) is 54.6 Å². The molecule has 0 aliphatic carbocycles. The first-order valence-corrected chi connectivity index (χ1v) is 14.7. The summed E-state index contributed by atoms with van der Waals surface area (Å²) in [6.45, 7) is 5.61. The molecule has 0 fully saturated rings. The summed E-state index contributed by atoms with van der Waals surface area (Å²) < 4.78 is 7.05. The number of benzene rings is 2. The SMILES string of the molecule is CCCCCCCCCCCC[N+](C)(C)CCCCCCOc1ccc(C(=O)c2ccccc2)cc1. The lowest BCUT2D eigenvalue weighted by molar-refractivity contribution is -0.890. The van der Waals surface area contributed by atoms with Gasteiger partial charge in [-0.3, -0.25) is 4.79 Å². The topological polar surface area (TPSA) is 26.3 Å². The largest absolute Gasteiger partial charge is 0.494 e. The highest BCUT2D eigenvalue weighted by molar-refractivity contribution is 6.08. The van der Waals surface area contributed by atoms with Gasteiger partial charge in [0, 0.05) is 11.1 Å². The second-order valence-electron chi connectivity index (χ2n) is 11.0. The molecule has 0 saturated heterocycles. The molecule has 0 radical (unpaired) electrons. The van der Waals surface area contributed by atoms with Gasteiger partial charge in [-0.1, -0.05) is 88.6 Å². The van der Waals surface area contributed by atoms with Crippen molar-refractivity contribution in [1.82, 2.24) is 0 Å². The first-order chi connectivity index (χ1) is 17.5. The van der Waals surface area contributed by atoms with Gasteiger partial charge in [-0.05, 0) is 62.8 Å². The van der Waals surface area contributed by atoms with Crippen LogP contribution < -0.4 is 4.74 Å². The molecular formula is C33H52NO2+. The van der Waals surface area contributed by atoms with Crippen LogP contribution in [0.15, 0.2) is 54.6 Å². The molecule has 0 aliphatic rings. The quantitative estimate of drug-likeness (QED) is 0.0984. The molecule has 2 rings (SSSR count). The predicted molar refractivity (Wildman–Crippen MR) is 154 cm³/mol. The molecule has 2 aromatic carbocycles. The molecule has 3 heteroatoms. The molecule has 0 N–H and O–H groups in total. The van der Waals surface area contributed by atoms with Gasteiger partial charge >= 0.3 is 0 Å². The Morgan fingerprint density at radius 2 is 1.08 bits per heavy atom. The van der Waals surface area contributed by atoms with E-state index in [1.54, 1.807) is 0 Å². The summed E-state index contributed by atoms with van der Waals surface area (Å²) in [6.07, 6.45) is 19.0. The second kappa shape index (κ2) is 18.2. The maximum absolute atomic E-state index is 12.5. The zero-order valence-corrected chi connectivity index (χ0v) is 23.5. The van der Waals surface area contributed by atoms with Gasteiger partial charge < -0.3 is 9.22 Å².